The highest BCUT2D eigenvalue weighted by molar-refractivity contribution is 7.88. The van der Waals surface area contributed by atoms with Crippen molar-refractivity contribution in [3.8, 4) is 0 Å². The van der Waals surface area contributed by atoms with Gasteiger partial charge in [-0.25, -0.2) is 21.9 Å². The molecular weight excluding hydrogens is 409 g/mol. The number of hydrogen-bond donors (Lipinski definition) is 1. The molecule has 0 aliphatic carbocycles. The molecule has 0 spiro atoms. The fourth-order valence-corrected chi connectivity index (χ4v) is 4.07. The smallest absolute Gasteiger partial charge is 0.376 e. The van der Waals surface area contributed by atoms with Crippen molar-refractivity contribution in [2.75, 3.05) is 13.2 Å². The Balaban J connectivity index is 1.69. The molecule has 28 heavy (non-hydrogen) atoms. The first-order chi connectivity index (χ1) is 13.1. The maximum Gasteiger partial charge on any atom is 0.435 e. The molecule has 0 saturated carbocycles. The van der Waals surface area contributed by atoms with E-state index < -0.39 is 39.3 Å². The first-order valence-corrected chi connectivity index (χ1v) is 9.87. The SMILES string of the molecule is O=S(=O)(Cc1cc(F)ccc1F)NCCn1nc(C(F)(F)F)c2c1CCOC2. The molecule has 1 aromatic carbocycles. The normalized spacial score (nSPS) is 14.9. The van der Waals surface area contributed by atoms with Crippen molar-refractivity contribution in [3.63, 3.8) is 0 Å². The van der Waals surface area contributed by atoms with Gasteiger partial charge >= 0.3 is 6.18 Å². The second kappa shape index (κ2) is 7.76. The molecule has 0 fully saturated rings. The molecule has 6 nitrogen and oxygen atoms in total. The number of fused-ring (bicyclic) bond motifs is 1. The summed E-state index contributed by atoms with van der Waals surface area (Å²) in [6, 6.07) is 2.45. The summed E-state index contributed by atoms with van der Waals surface area (Å²) in [5.41, 5.74) is -1.11. The minimum absolute atomic E-state index is 0.0524. The molecule has 1 N–H and O–H groups in total. The molecule has 0 unspecified atom stereocenters. The summed E-state index contributed by atoms with van der Waals surface area (Å²) in [7, 11) is -4.03. The van der Waals surface area contributed by atoms with E-state index in [1.165, 1.54) is 0 Å². The largest absolute Gasteiger partial charge is 0.435 e. The van der Waals surface area contributed by atoms with Gasteiger partial charge in [-0.3, -0.25) is 4.68 Å². The van der Waals surface area contributed by atoms with E-state index in [9.17, 15) is 30.4 Å². The van der Waals surface area contributed by atoms with Crippen LogP contribution in [-0.4, -0.2) is 31.3 Å². The lowest BCUT2D eigenvalue weighted by atomic mass is 10.1. The Morgan fingerprint density at radius 1 is 1.25 bits per heavy atom. The molecule has 0 bridgehead atoms. The third kappa shape index (κ3) is 4.67. The van der Waals surface area contributed by atoms with Crippen molar-refractivity contribution in [1.82, 2.24) is 14.5 Å². The number of sulfonamides is 1. The van der Waals surface area contributed by atoms with E-state index in [1.54, 1.807) is 0 Å². The summed E-state index contributed by atoms with van der Waals surface area (Å²) in [6.07, 6.45) is -4.43. The summed E-state index contributed by atoms with van der Waals surface area (Å²) in [6.45, 7) is -0.385. The van der Waals surface area contributed by atoms with Crippen LogP contribution in [0.1, 0.15) is 22.5 Å². The van der Waals surface area contributed by atoms with E-state index in [0.29, 0.717) is 5.69 Å². The van der Waals surface area contributed by atoms with Crippen LogP contribution in [0.2, 0.25) is 0 Å². The number of alkyl halides is 3. The predicted molar refractivity (Wildman–Crippen MR) is 87.6 cm³/mol. The van der Waals surface area contributed by atoms with Gasteiger partial charge in [-0.1, -0.05) is 0 Å². The summed E-state index contributed by atoms with van der Waals surface area (Å²) in [5.74, 6) is -2.45. The Morgan fingerprint density at radius 3 is 2.71 bits per heavy atom. The van der Waals surface area contributed by atoms with Crippen molar-refractivity contribution in [3.05, 3.63) is 52.3 Å². The van der Waals surface area contributed by atoms with Gasteiger partial charge in [0.1, 0.15) is 11.6 Å². The third-order valence-corrected chi connectivity index (χ3v) is 5.50. The maximum absolute atomic E-state index is 13.6. The Hall–Kier alpha value is -2.05. The Labute approximate surface area is 157 Å². The van der Waals surface area contributed by atoms with Crippen LogP contribution in [0.3, 0.4) is 0 Å². The predicted octanol–water partition coefficient (Wildman–Crippen LogP) is 2.37. The van der Waals surface area contributed by atoms with Crippen LogP contribution < -0.4 is 4.72 Å². The van der Waals surface area contributed by atoms with E-state index in [0.717, 1.165) is 22.9 Å². The Kier molecular flexibility index (Phi) is 5.73. The minimum Gasteiger partial charge on any atom is -0.376 e. The van der Waals surface area contributed by atoms with Gasteiger partial charge in [0.05, 0.1) is 25.5 Å². The lowest BCUT2D eigenvalue weighted by molar-refractivity contribution is -0.142. The summed E-state index contributed by atoms with van der Waals surface area (Å²) < 4.78 is 98.6. The van der Waals surface area contributed by atoms with Crippen LogP contribution in [0.4, 0.5) is 22.0 Å². The van der Waals surface area contributed by atoms with E-state index in [1.807, 2.05) is 0 Å². The fourth-order valence-electron chi connectivity index (χ4n) is 2.94. The molecule has 0 atom stereocenters. The van der Waals surface area contributed by atoms with Crippen LogP contribution in [0.15, 0.2) is 18.2 Å². The average Bonchev–Trinajstić information content (AvgIpc) is 2.97. The van der Waals surface area contributed by atoms with Crippen molar-refractivity contribution < 1.29 is 35.1 Å². The number of hydrogen-bond acceptors (Lipinski definition) is 4. The Bertz CT molecular complexity index is 973. The summed E-state index contributed by atoms with van der Waals surface area (Å²) in [4.78, 5) is 0. The quantitative estimate of drug-likeness (QED) is 0.722. The molecule has 1 aromatic heterocycles. The highest BCUT2D eigenvalue weighted by Gasteiger charge is 2.39. The van der Waals surface area contributed by atoms with E-state index in [-0.39, 0.29) is 43.9 Å². The number of rotatable bonds is 6. The van der Waals surface area contributed by atoms with Crippen LogP contribution in [0.25, 0.3) is 0 Å². The van der Waals surface area contributed by atoms with E-state index in [2.05, 4.69) is 9.82 Å². The van der Waals surface area contributed by atoms with Crippen molar-refractivity contribution >= 4 is 10.0 Å². The number of halogens is 5. The number of nitrogens with one attached hydrogen (secondary N) is 1. The van der Waals surface area contributed by atoms with E-state index >= 15 is 0 Å². The van der Waals surface area contributed by atoms with Gasteiger partial charge in [-0.05, 0) is 18.2 Å². The second-order valence-corrected chi connectivity index (χ2v) is 7.99. The monoisotopic (exact) mass is 425 g/mol. The van der Waals surface area contributed by atoms with Crippen LogP contribution >= 0.6 is 0 Å². The maximum atomic E-state index is 13.6. The van der Waals surface area contributed by atoms with Crippen LogP contribution in [0, 0.1) is 11.6 Å². The fraction of sp³-hybridized carbons (Fsp3) is 0.438. The molecular formula is C16H16F5N3O3S. The zero-order valence-corrected chi connectivity index (χ0v) is 15.2. The van der Waals surface area contributed by atoms with Crippen molar-refractivity contribution in [1.29, 1.82) is 0 Å². The standard InChI is InChI=1S/C16H16F5N3O3S/c17-11-1-2-13(18)10(7-11)9-28(25,26)22-4-5-24-14-3-6-27-8-12(14)15(23-24)16(19,20)21/h1-2,7,22H,3-6,8-9H2. The summed E-state index contributed by atoms with van der Waals surface area (Å²) >= 11 is 0. The average molecular weight is 425 g/mol. The lowest BCUT2D eigenvalue weighted by Gasteiger charge is -2.15. The highest BCUT2D eigenvalue weighted by Crippen LogP contribution is 2.34. The van der Waals surface area contributed by atoms with E-state index in [4.69, 9.17) is 4.74 Å². The first-order valence-electron chi connectivity index (χ1n) is 8.21. The molecule has 2 aromatic rings. The molecule has 0 saturated heterocycles. The summed E-state index contributed by atoms with van der Waals surface area (Å²) in [5, 5.41) is 3.56. The van der Waals surface area contributed by atoms with Crippen LogP contribution in [0.5, 0.6) is 0 Å². The number of benzene rings is 1. The lowest BCUT2D eigenvalue weighted by Crippen LogP contribution is -2.30. The second-order valence-electron chi connectivity index (χ2n) is 6.19. The van der Waals surface area contributed by atoms with Gasteiger partial charge in [0.25, 0.3) is 0 Å². The molecule has 1 aliphatic heterocycles. The Morgan fingerprint density at radius 2 is 2.00 bits per heavy atom. The number of nitrogens with zero attached hydrogens (tertiary/aromatic N) is 2. The molecule has 1 aliphatic rings. The van der Waals surface area contributed by atoms with Gasteiger partial charge in [-0.15, -0.1) is 0 Å². The van der Waals surface area contributed by atoms with Gasteiger partial charge in [0.15, 0.2) is 5.69 Å². The zero-order chi connectivity index (χ0) is 20.5. The minimum atomic E-state index is -4.65. The third-order valence-electron chi connectivity index (χ3n) is 4.16. The zero-order valence-electron chi connectivity index (χ0n) is 14.4. The highest BCUT2D eigenvalue weighted by atomic mass is 32.2. The molecule has 0 amide bonds. The van der Waals surface area contributed by atoms with Crippen LogP contribution in [-0.2, 0) is 46.3 Å². The molecule has 0 radical (unpaired) electrons. The molecule has 3 rings (SSSR count). The van der Waals surface area contributed by atoms with Crippen molar-refractivity contribution in [2.45, 2.75) is 31.5 Å². The van der Waals surface area contributed by atoms with Gasteiger partial charge in [0.2, 0.25) is 10.0 Å². The van der Waals surface area contributed by atoms with Gasteiger partial charge in [-0.2, -0.15) is 18.3 Å². The first kappa shape index (κ1) is 20.7. The topological polar surface area (TPSA) is 73.2 Å². The molecule has 2 heterocycles. The number of aromatic nitrogens is 2. The number of ether oxygens (including phenoxy) is 1. The molecule has 154 valence electrons. The van der Waals surface area contributed by atoms with Crippen molar-refractivity contribution in [2.24, 2.45) is 0 Å². The van der Waals surface area contributed by atoms with Gasteiger partial charge < -0.3 is 4.74 Å². The molecule has 12 heteroatoms. The van der Waals surface area contributed by atoms with Gasteiger partial charge in [0, 0.05) is 29.8 Å².